The minimum Gasteiger partial charge on any atom is -0.508 e. The topological polar surface area (TPSA) is 20.2 Å². The lowest BCUT2D eigenvalue weighted by Gasteiger charge is -2.30. The van der Waals surface area contributed by atoms with Crippen molar-refractivity contribution in [3.05, 3.63) is 65.2 Å². The molecule has 136 valence electrons. The minimum absolute atomic E-state index is 0.533. The molecule has 0 radical (unpaired) electrons. The molecule has 2 aromatic rings. The molecular formula is C25H30O. The Morgan fingerprint density at radius 3 is 2.08 bits per heavy atom. The van der Waals surface area contributed by atoms with Crippen molar-refractivity contribution in [2.24, 2.45) is 11.8 Å². The van der Waals surface area contributed by atoms with Crippen molar-refractivity contribution < 1.29 is 5.11 Å². The molecule has 4 atom stereocenters. The van der Waals surface area contributed by atoms with Gasteiger partial charge in [-0.15, -0.1) is 0 Å². The summed E-state index contributed by atoms with van der Waals surface area (Å²) in [6, 6.07) is 17.7. The molecule has 0 amide bonds. The average molecular weight is 347 g/mol. The molecule has 3 aliphatic rings. The van der Waals surface area contributed by atoms with Crippen molar-refractivity contribution in [1.29, 1.82) is 0 Å². The molecule has 4 unspecified atom stereocenters. The summed E-state index contributed by atoms with van der Waals surface area (Å²) in [5.74, 6) is 4.27. The van der Waals surface area contributed by atoms with Crippen LogP contribution in [0.3, 0.4) is 0 Å². The molecule has 1 nitrogen and oxygen atoms in total. The maximum Gasteiger partial charge on any atom is 0.119 e. The Kier molecular flexibility index (Phi) is 4.27. The van der Waals surface area contributed by atoms with E-state index in [1.807, 2.05) is 6.07 Å². The summed E-state index contributed by atoms with van der Waals surface area (Å²) in [4.78, 5) is 0. The van der Waals surface area contributed by atoms with Gasteiger partial charge in [-0.05, 0) is 84.5 Å². The number of fused-ring (bicyclic) bond motifs is 2. The minimum atomic E-state index is 0.533. The predicted octanol–water partition coefficient (Wildman–Crippen LogP) is 6.74. The Morgan fingerprint density at radius 1 is 0.692 bits per heavy atom. The van der Waals surface area contributed by atoms with Gasteiger partial charge in [0.2, 0.25) is 0 Å². The van der Waals surface area contributed by atoms with E-state index in [2.05, 4.69) is 42.5 Å². The first-order valence-electron chi connectivity index (χ1n) is 10.7. The Hall–Kier alpha value is -1.76. The number of phenolic OH excluding ortho intramolecular Hbond substituents is 1. The normalized spacial score (nSPS) is 31.4. The fraction of sp³-hybridized carbons (Fsp3) is 0.520. The highest BCUT2D eigenvalue weighted by molar-refractivity contribution is 5.41. The van der Waals surface area contributed by atoms with Crippen LogP contribution in [0.2, 0.25) is 0 Å². The molecular weight excluding hydrogens is 316 g/mol. The van der Waals surface area contributed by atoms with Crippen LogP contribution in [0.25, 0.3) is 0 Å². The Balaban J connectivity index is 1.36. The Morgan fingerprint density at radius 2 is 1.38 bits per heavy atom. The lowest BCUT2D eigenvalue weighted by molar-refractivity contribution is 0.373. The van der Waals surface area contributed by atoms with E-state index >= 15 is 0 Å². The predicted molar refractivity (Wildman–Crippen MR) is 107 cm³/mol. The lowest BCUT2D eigenvalue weighted by atomic mass is 9.75. The van der Waals surface area contributed by atoms with Crippen LogP contribution in [0.5, 0.6) is 5.75 Å². The summed E-state index contributed by atoms with van der Waals surface area (Å²) in [5.41, 5.74) is 4.29. The molecule has 3 fully saturated rings. The van der Waals surface area contributed by atoms with Gasteiger partial charge in [-0.2, -0.15) is 0 Å². The first kappa shape index (κ1) is 16.4. The Labute approximate surface area is 157 Å². The van der Waals surface area contributed by atoms with Crippen LogP contribution in [0.1, 0.15) is 85.8 Å². The highest BCUT2D eigenvalue weighted by Gasteiger charge is 2.46. The molecule has 0 heterocycles. The van der Waals surface area contributed by atoms with E-state index in [-0.39, 0.29) is 0 Å². The van der Waals surface area contributed by atoms with E-state index < -0.39 is 0 Å². The summed E-state index contributed by atoms with van der Waals surface area (Å²) >= 11 is 0. The van der Waals surface area contributed by atoms with Crippen LogP contribution >= 0.6 is 0 Å². The summed E-state index contributed by atoms with van der Waals surface area (Å²) in [6.45, 7) is 0. The largest absolute Gasteiger partial charge is 0.508 e. The van der Waals surface area contributed by atoms with Gasteiger partial charge in [0.25, 0.3) is 0 Å². The van der Waals surface area contributed by atoms with Crippen molar-refractivity contribution in [1.82, 2.24) is 0 Å². The molecule has 0 spiro atoms. The molecule has 26 heavy (non-hydrogen) atoms. The summed E-state index contributed by atoms with van der Waals surface area (Å²) in [7, 11) is 0. The van der Waals surface area contributed by atoms with E-state index in [9.17, 15) is 5.11 Å². The van der Waals surface area contributed by atoms with Crippen LogP contribution < -0.4 is 0 Å². The number of aromatic hydroxyl groups is 1. The van der Waals surface area contributed by atoms with E-state index in [1.165, 1.54) is 62.5 Å². The van der Waals surface area contributed by atoms with Crippen LogP contribution in [-0.2, 0) is 0 Å². The molecule has 5 rings (SSSR count). The van der Waals surface area contributed by atoms with E-state index in [4.69, 9.17) is 0 Å². The van der Waals surface area contributed by atoms with Gasteiger partial charge in [-0.25, -0.2) is 0 Å². The third-order valence-electron chi connectivity index (χ3n) is 7.61. The monoisotopic (exact) mass is 346 g/mol. The maximum atomic E-state index is 10.5. The third kappa shape index (κ3) is 2.86. The second kappa shape index (κ2) is 6.76. The average Bonchev–Trinajstić information content (AvgIpc) is 3.31. The zero-order chi connectivity index (χ0) is 17.5. The standard InChI is InChI=1S/C25H30O/c26-25-12-11-19(14-24(25)18-9-5-2-6-10-18)23-16-20-13-21(23)15-22(20)17-7-3-1-4-8-17/h1,3-4,7-8,11-12,14,18,20-23,26H,2,5-6,9-10,13,15-16H2. The number of benzene rings is 2. The molecule has 0 aromatic heterocycles. The third-order valence-corrected chi connectivity index (χ3v) is 7.61. The molecule has 0 saturated heterocycles. The number of rotatable bonds is 3. The molecule has 0 aliphatic heterocycles. The highest BCUT2D eigenvalue weighted by atomic mass is 16.3. The Bertz CT molecular complexity index is 759. The van der Waals surface area contributed by atoms with Crippen LogP contribution in [0.15, 0.2) is 48.5 Å². The number of hydrogen-bond donors (Lipinski definition) is 1. The van der Waals surface area contributed by atoms with E-state index in [1.54, 1.807) is 5.56 Å². The summed E-state index contributed by atoms with van der Waals surface area (Å²) < 4.78 is 0. The summed E-state index contributed by atoms with van der Waals surface area (Å²) in [5, 5.41) is 10.5. The molecule has 3 saturated carbocycles. The van der Waals surface area contributed by atoms with Crippen LogP contribution in [0, 0.1) is 11.8 Å². The zero-order valence-electron chi connectivity index (χ0n) is 15.6. The van der Waals surface area contributed by atoms with Crippen molar-refractivity contribution in [3.8, 4) is 5.75 Å². The van der Waals surface area contributed by atoms with Gasteiger partial charge < -0.3 is 5.11 Å². The first-order valence-corrected chi connectivity index (χ1v) is 10.7. The van der Waals surface area contributed by atoms with E-state index in [0.717, 1.165) is 17.8 Å². The molecule has 1 heteroatoms. The second-order valence-corrected chi connectivity index (χ2v) is 9.00. The molecule has 2 aromatic carbocycles. The fourth-order valence-corrected chi connectivity index (χ4v) is 6.34. The van der Waals surface area contributed by atoms with Gasteiger partial charge in [0.15, 0.2) is 0 Å². The fourth-order valence-electron chi connectivity index (χ4n) is 6.34. The van der Waals surface area contributed by atoms with E-state index in [0.29, 0.717) is 17.6 Å². The lowest BCUT2D eigenvalue weighted by Crippen LogP contribution is -2.16. The van der Waals surface area contributed by atoms with Crippen molar-refractivity contribution >= 4 is 0 Å². The molecule has 3 aliphatic carbocycles. The van der Waals surface area contributed by atoms with Crippen LogP contribution in [0.4, 0.5) is 0 Å². The summed E-state index contributed by atoms with van der Waals surface area (Å²) in [6.07, 6.45) is 10.6. The number of phenols is 1. The van der Waals surface area contributed by atoms with Gasteiger partial charge in [0, 0.05) is 0 Å². The maximum absolute atomic E-state index is 10.5. The van der Waals surface area contributed by atoms with Gasteiger partial charge >= 0.3 is 0 Å². The first-order chi connectivity index (χ1) is 12.8. The SMILES string of the molecule is Oc1ccc(C2CC3CC2CC3c2ccccc2)cc1C1CCCCC1. The van der Waals surface area contributed by atoms with Crippen molar-refractivity contribution in [2.75, 3.05) is 0 Å². The second-order valence-electron chi connectivity index (χ2n) is 9.00. The highest BCUT2D eigenvalue weighted by Crippen LogP contribution is 2.59. The zero-order valence-corrected chi connectivity index (χ0v) is 15.6. The van der Waals surface area contributed by atoms with Gasteiger partial charge in [-0.3, -0.25) is 0 Å². The molecule has 2 bridgehead atoms. The smallest absolute Gasteiger partial charge is 0.119 e. The van der Waals surface area contributed by atoms with Gasteiger partial charge in [0.1, 0.15) is 5.75 Å². The van der Waals surface area contributed by atoms with Crippen molar-refractivity contribution in [2.45, 2.75) is 69.1 Å². The van der Waals surface area contributed by atoms with Crippen LogP contribution in [-0.4, -0.2) is 5.11 Å². The van der Waals surface area contributed by atoms with Gasteiger partial charge in [-0.1, -0.05) is 61.7 Å². The van der Waals surface area contributed by atoms with Gasteiger partial charge in [0.05, 0.1) is 0 Å². The number of hydrogen-bond acceptors (Lipinski definition) is 1. The quantitative estimate of drug-likeness (QED) is 0.652. The molecule has 1 N–H and O–H groups in total. The van der Waals surface area contributed by atoms with Crippen molar-refractivity contribution in [3.63, 3.8) is 0 Å².